The van der Waals surface area contributed by atoms with Crippen LogP contribution in [0.5, 0.6) is 0 Å². The second kappa shape index (κ2) is 3.90. The number of likely N-dealkylation sites (tertiary alicyclic amines) is 1. The number of quaternary nitrogens is 2. The van der Waals surface area contributed by atoms with Crippen molar-refractivity contribution in [2.75, 3.05) is 40.3 Å². The molecule has 2 heterocycles. The van der Waals surface area contributed by atoms with Crippen molar-refractivity contribution in [2.24, 2.45) is 0 Å². The lowest BCUT2D eigenvalue weighted by Crippen LogP contribution is -3.29. The fourth-order valence-electron chi connectivity index (χ4n) is 2.42. The molecule has 2 fully saturated rings. The zero-order valence-electron chi connectivity index (χ0n) is 9.38. The normalized spacial score (nSPS) is 37.5. The number of hydrogen-bond acceptors (Lipinski definition) is 2. The molecule has 0 aliphatic carbocycles. The summed E-state index contributed by atoms with van der Waals surface area (Å²) in [4.78, 5) is 27.3. The van der Waals surface area contributed by atoms with Gasteiger partial charge in [-0.05, 0) is 0 Å². The molecule has 2 amide bonds. The van der Waals surface area contributed by atoms with Crippen molar-refractivity contribution in [3.8, 4) is 0 Å². The zero-order chi connectivity index (χ0) is 11.0. The van der Waals surface area contributed by atoms with Crippen LogP contribution in [0.1, 0.15) is 6.42 Å². The molecule has 1 atom stereocenters. The molecule has 2 N–H and O–H groups in total. The smallest absolute Gasteiger partial charge is 0.287 e. The summed E-state index contributed by atoms with van der Waals surface area (Å²) in [5.41, 5.74) is 0. The summed E-state index contributed by atoms with van der Waals surface area (Å²) in [6.07, 6.45) is 0.406. The van der Waals surface area contributed by atoms with E-state index in [2.05, 4.69) is 7.05 Å². The number of rotatable bonds is 1. The van der Waals surface area contributed by atoms with Gasteiger partial charge in [0.15, 0.2) is 6.04 Å². The van der Waals surface area contributed by atoms with E-state index >= 15 is 0 Å². The van der Waals surface area contributed by atoms with Crippen LogP contribution < -0.4 is 9.80 Å². The third-order valence-corrected chi connectivity index (χ3v) is 3.62. The molecular formula is C10H19N3O2+2. The Morgan fingerprint density at radius 3 is 2.27 bits per heavy atom. The number of hydrogen-bond donors (Lipinski definition) is 2. The van der Waals surface area contributed by atoms with Crippen molar-refractivity contribution >= 4 is 11.8 Å². The highest BCUT2D eigenvalue weighted by atomic mass is 16.2. The Morgan fingerprint density at radius 2 is 1.80 bits per heavy atom. The van der Waals surface area contributed by atoms with Gasteiger partial charge in [0.25, 0.3) is 5.91 Å². The fraction of sp³-hybridized carbons (Fsp3) is 0.800. The largest absolute Gasteiger partial charge is 0.328 e. The highest BCUT2D eigenvalue weighted by molar-refractivity contribution is 6.04. The Hall–Kier alpha value is -0.940. The first kappa shape index (κ1) is 10.6. The van der Waals surface area contributed by atoms with Crippen LogP contribution in [-0.2, 0) is 9.59 Å². The first-order valence-corrected chi connectivity index (χ1v) is 5.56. The molecule has 2 rings (SSSR count). The lowest BCUT2D eigenvalue weighted by Gasteiger charge is -2.30. The minimum Gasteiger partial charge on any atom is -0.328 e. The lowest BCUT2D eigenvalue weighted by atomic mass is 10.2. The van der Waals surface area contributed by atoms with Crippen molar-refractivity contribution in [1.82, 2.24) is 4.90 Å². The highest BCUT2D eigenvalue weighted by Crippen LogP contribution is 2.07. The van der Waals surface area contributed by atoms with Gasteiger partial charge in [-0.2, -0.15) is 0 Å². The summed E-state index contributed by atoms with van der Waals surface area (Å²) in [6, 6.07) is -0.101. The van der Waals surface area contributed by atoms with Gasteiger partial charge in [-0.15, -0.1) is 0 Å². The van der Waals surface area contributed by atoms with E-state index in [-0.39, 0.29) is 17.9 Å². The minimum atomic E-state index is -0.101. The van der Waals surface area contributed by atoms with Gasteiger partial charge in [0.2, 0.25) is 5.91 Å². The third kappa shape index (κ3) is 1.89. The van der Waals surface area contributed by atoms with Crippen LogP contribution >= 0.6 is 0 Å². The standard InChI is InChI=1S/C10H17N3O2/c1-11-3-5-13(6-4-11)8-7-9(14)12(2)10(8)15/h8H,3-7H2,1-2H3/p+2/t8-/m1/s1. The van der Waals surface area contributed by atoms with Crippen molar-refractivity contribution in [1.29, 1.82) is 0 Å². The Balaban J connectivity index is 2.00. The summed E-state index contributed by atoms with van der Waals surface area (Å²) in [5, 5.41) is 0. The number of piperazine rings is 1. The Labute approximate surface area is 89.6 Å². The SMILES string of the molecule is CN1C(=O)C[C@@H]([NH+]2CC[NH+](C)CC2)C1=O. The van der Waals surface area contributed by atoms with Gasteiger partial charge in [0.1, 0.15) is 26.2 Å². The molecule has 0 unspecified atom stereocenters. The third-order valence-electron chi connectivity index (χ3n) is 3.62. The summed E-state index contributed by atoms with van der Waals surface area (Å²) in [6.45, 7) is 4.20. The Kier molecular flexibility index (Phi) is 2.75. The van der Waals surface area contributed by atoms with Crippen LogP contribution in [-0.4, -0.2) is 63.0 Å². The molecule has 5 heteroatoms. The second-order valence-electron chi connectivity index (χ2n) is 4.66. The molecule has 5 nitrogen and oxygen atoms in total. The number of likely N-dealkylation sites (N-methyl/N-ethyl adjacent to an activating group) is 2. The predicted octanol–water partition coefficient (Wildman–Crippen LogP) is -3.84. The van der Waals surface area contributed by atoms with Gasteiger partial charge >= 0.3 is 0 Å². The fourth-order valence-corrected chi connectivity index (χ4v) is 2.42. The van der Waals surface area contributed by atoms with Gasteiger partial charge in [-0.3, -0.25) is 14.5 Å². The quantitative estimate of drug-likeness (QED) is 0.438. The topological polar surface area (TPSA) is 46.3 Å². The average Bonchev–Trinajstić information content (AvgIpc) is 2.47. The van der Waals surface area contributed by atoms with Gasteiger partial charge < -0.3 is 9.80 Å². The molecule has 15 heavy (non-hydrogen) atoms. The molecule has 2 aliphatic rings. The predicted molar refractivity (Wildman–Crippen MR) is 53.5 cm³/mol. The average molecular weight is 213 g/mol. The Bertz CT molecular complexity index is 284. The van der Waals surface area contributed by atoms with E-state index in [1.807, 2.05) is 0 Å². The molecule has 0 bridgehead atoms. The van der Waals surface area contributed by atoms with Crippen LogP contribution in [0.15, 0.2) is 0 Å². The van der Waals surface area contributed by atoms with E-state index in [0.29, 0.717) is 6.42 Å². The maximum Gasteiger partial charge on any atom is 0.287 e. The van der Waals surface area contributed by atoms with Crippen molar-refractivity contribution < 1.29 is 19.4 Å². The van der Waals surface area contributed by atoms with Crippen molar-refractivity contribution in [3.63, 3.8) is 0 Å². The van der Waals surface area contributed by atoms with E-state index < -0.39 is 0 Å². The van der Waals surface area contributed by atoms with Crippen LogP contribution in [0.4, 0.5) is 0 Å². The van der Waals surface area contributed by atoms with E-state index in [0.717, 1.165) is 26.2 Å². The number of nitrogens with one attached hydrogen (secondary N) is 2. The summed E-state index contributed by atoms with van der Waals surface area (Å²) >= 11 is 0. The van der Waals surface area contributed by atoms with E-state index in [4.69, 9.17) is 0 Å². The molecule has 0 aromatic rings. The summed E-state index contributed by atoms with van der Waals surface area (Å²) < 4.78 is 0. The first-order valence-electron chi connectivity index (χ1n) is 5.56. The van der Waals surface area contributed by atoms with E-state index in [1.54, 1.807) is 7.05 Å². The number of carbonyl (C=O) groups is 2. The second-order valence-corrected chi connectivity index (χ2v) is 4.66. The molecule has 2 aliphatic heterocycles. The zero-order valence-corrected chi connectivity index (χ0v) is 9.38. The molecule has 0 saturated carbocycles. The molecule has 2 saturated heterocycles. The number of amides is 2. The van der Waals surface area contributed by atoms with E-state index in [9.17, 15) is 9.59 Å². The number of nitrogens with zero attached hydrogens (tertiary/aromatic N) is 1. The van der Waals surface area contributed by atoms with Crippen molar-refractivity contribution in [3.05, 3.63) is 0 Å². The number of imide groups is 1. The first-order chi connectivity index (χ1) is 7.09. The molecule has 0 radical (unpaired) electrons. The molecule has 0 aromatic carbocycles. The van der Waals surface area contributed by atoms with Crippen LogP contribution in [0.2, 0.25) is 0 Å². The van der Waals surface area contributed by atoms with Crippen LogP contribution in [0.3, 0.4) is 0 Å². The Morgan fingerprint density at radius 1 is 1.20 bits per heavy atom. The highest BCUT2D eigenvalue weighted by Gasteiger charge is 2.44. The molecule has 0 aromatic heterocycles. The maximum atomic E-state index is 11.8. The monoisotopic (exact) mass is 213 g/mol. The van der Waals surface area contributed by atoms with E-state index in [1.165, 1.54) is 14.7 Å². The lowest BCUT2D eigenvalue weighted by molar-refractivity contribution is -1.01. The van der Waals surface area contributed by atoms with Crippen molar-refractivity contribution in [2.45, 2.75) is 12.5 Å². The van der Waals surface area contributed by atoms with Crippen LogP contribution in [0, 0.1) is 0 Å². The van der Waals surface area contributed by atoms with Gasteiger partial charge in [-0.25, -0.2) is 0 Å². The maximum absolute atomic E-state index is 11.8. The summed E-state index contributed by atoms with van der Waals surface area (Å²) in [5.74, 6) is -0.0154. The molecular weight excluding hydrogens is 194 g/mol. The summed E-state index contributed by atoms with van der Waals surface area (Å²) in [7, 11) is 3.76. The molecule has 84 valence electrons. The minimum absolute atomic E-state index is 0.00885. The molecule has 0 spiro atoms. The van der Waals surface area contributed by atoms with Gasteiger partial charge in [-0.1, -0.05) is 0 Å². The number of carbonyl (C=O) groups excluding carboxylic acids is 2. The van der Waals surface area contributed by atoms with Gasteiger partial charge in [0, 0.05) is 7.05 Å². The van der Waals surface area contributed by atoms with Crippen LogP contribution in [0.25, 0.3) is 0 Å². The van der Waals surface area contributed by atoms with Gasteiger partial charge in [0.05, 0.1) is 13.5 Å².